The van der Waals surface area contributed by atoms with Gasteiger partial charge in [-0.1, -0.05) is 11.6 Å². The molecule has 0 aromatic heterocycles. The summed E-state index contributed by atoms with van der Waals surface area (Å²) in [6.45, 7) is 2.35. The summed E-state index contributed by atoms with van der Waals surface area (Å²) >= 11 is 6.16. The van der Waals surface area contributed by atoms with Gasteiger partial charge in [0.05, 0.1) is 16.7 Å². The van der Waals surface area contributed by atoms with Crippen LogP contribution in [0.1, 0.15) is 24.0 Å². The van der Waals surface area contributed by atoms with Gasteiger partial charge >= 0.3 is 0 Å². The van der Waals surface area contributed by atoms with E-state index in [2.05, 4.69) is 0 Å². The third-order valence-corrected chi connectivity index (χ3v) is 5.02. The Morgan fingerprint density at radius 2 is 2.20 bits per heavy atom. The van der Waals surface area contributed by atoms with Crippen LogP contribution in [-0.2, 0) is 4.79 Å². The van der Waals surface area contributed by atoms with Crippen LogP contribution < -0.4 is 4.90 Å². The summed E-state index contributed by atoms with van der Waals surface area (Å²) in [5.41, 5.74) is 1.91. The Hall–Kier alpha value is -1.57. The number of nitriles is 1. The van der Waals surface area contributed by atoms with Crippen molar-refractivity contribution in [2.75, 3.05) is 11.4 Å². The van der Waals surface area contributed by atoms with Crippen LogP contribution in [0.15, 0.2) is 12.1 Å². The fourth-order valence-corrected chi connectivity index (χ4v) is 3.58. The Kier molecular flexibility index (Phi) is 3.19. The average molecular weight is 291 g/mol. The molecule has 5 heteroatoms. The molecule has 1 aromatic rings. The molecule has 1 aliphatic heterocycles. The zero-order chi connectivity index (χ0) is 14.4. The van der Waals surface area contributed by atoms with E-state index >= 15 is 0 Å². The fourth-order valence-electron chi connectivity index (χ4n) is 3.37. The van der Waals surface area contributed by atoms with Crippen molar-refractivity contribution in [1.29, 1.82) is 5.26 Å². The van der Waals surface area contributed by atoms with Crippen molar-refractivity contribution >= 4 is 23.2 Å². The predicted octanol–water partition coefficient (Wildman–Crippen LogP) is 2.25. The van der Waals surface area contributed by atoms with Gasteiger partial charge < -0.3 is 10.0 Å². The molecular weight excluding hydrogens is 276 g/mol. The molecule has 1 heterocycles. The van der Waals surface area contributed by atoms with E-state index in [0.717, 1.165) is 17.7 Å². The second-order valence-corrected chi connectivity index (χ2v) is 5.92. The van der Waals surface area contributed by atoms with E-state index in [1.54, 1.807) is 17.0 Å². The molecule has 0 bridgehead atoms. The van der Waals surface area contributed by atoms with E-state index in [9.17, 15) is 9.90 Å². The largest absolute Gasteiger partial charge is 0.393 e. The highest BCUT2D eigenvalue weighted by Crippen LogP contribution is 2.42. The van der Waals surface area contributed by atoms with Crippen LogP contribution in [0.25, 0.3) is 0 Å². The van der Waals surface area contributed by atoms with Crippen molar-refractivity contribution in [2.45, 2.75) is 25.9 Å². The molecule has 1 aromatic carbocycles. The monoisotopic (exact) mass is 290 g/mol. The van der Waals surface area contributed by atoms with Gasteiger partial charge in [0.2, 0.25) is 5.91 Å². The number of aliphatic hydroxyl groups excluding tert-OH is 1. The molecule has 1 N–H and O–H groups in total. The second kappa shape index (κ2) is 4.76. The maximum atomic E-state index is 12.5. The van der Waals surface area contributed by atoms with Gasteiger partial charge in [-0.05, 0) is 37.5 Å². The van der Waals surface area contributed by atoms with Crippen molar-refractivity contribution in [3.63, 3.8) is 0 Å². The van der Waals surface area contributed by atoms with E-state index in [1.165, 1.54) is 0 Å². The van der Waals surface area contributed by atoms with Gasteiger partial charge in [0.15, 0.2) is 0 Å². The number of hydrogen-bond acceptors (Lipinski definition) is 3. The normalized spacial score (nSPS) is 28.6. The van der Waals surface area contributed by atoms with Crippen LogP contribution in [0.4, 0.5) is 5.69 Å². The fraction of sp³-hybridized carbons (Fsp3) is 0.467. The zero-order valence-corrected chi connectivity index (χ0v) is 11.9. The molecule has 1 saturated heterocycles. The first-order valence-electron chi connectivity index (χ1n) is 6.73. The highest BCUT2D eigenvalue weighted by atomic mass is 35.5. The molecule has 3 atom stereocenters. The molecular formula is C15H15ClN2O2. The number of anilines is 1. The van der Waals surface area contributed by atoms with Crippen LogP contribution >= 0.6 is 11.6 Å². The maximum absolute atomic E-state index is 12.5. The average Bonchev–Trinajstić information content (AvgIpc) is 2.95. The summed E-state index contributed by atoms with van der Waals surface area (Å²) in [6, 6.07) is 5.45. The van der Waals surface area contributed by atoms with Gasteiger partial charge in [-0.15, -0.1) is 0 Å². The second-order valence-electron chi connectivity index (χ2n) is 5.55. The summed E-state index contributed by atoms with van der Waals surface area (Å²) in [5.74, 6) is 0.0190. The standard InChI is InChI=1S/C15H15ClN2O2/c1-8-12(4-2-9(6-17)14(8)16)18-7-11-10(15(18)20)3-5-13(11)19/h2,4,10-11,13,19H,3,5,7H2,1H3/t10-,11?,13+/m1/s1. The number of carbonyl (C=O) groups is 1. The van der Waals surface area contributed by atoms with Gasteiger partial charge in [-0.2, -0.15) is 5.26 Å². The Bertz CT molecular complexity index is 623. The van der Waals surface area contributed by atoms with Crippen molar-refractivity contribution in [3.05, 3.63) is 28.3 Å². The van der Waals surface area contributed by atoms with Gasteiger partial charge in [-0.25, -0.2) is 0 Å². The summed E-state index contributed by atoms with van der Waals surface area (Å²) in [7, 11) is 0. The SMILES string of the molecule is Cc1c(N2CC3[C@@H](O)CC[C@H]3C2=O)ccc(C#N)c1Cl. The highest BCUT2D eigenvalue weighted by Gasteiger charge is 2.48. The number of benzene rings is 1. The Morgan fingerprint density at radius 1 is 1.45 bits per heavy atom. The Balaban J connectivity index is 1.98. The molecule has 104 valence electrons. The quantitative estimate of drug-likeness (QED) is 0.863. The number of halogens is 1. The number of carbonyl (C=O) groups excluding carboxylic acids is 1. The van der Waals surface area contributed by atoms with E-state index in [-0.39, 0.29) is 23.8 Å². The molecule has 4 nitrogen and oxygen atoms in total. The van der Waals surface area contributed by atoms with E-state index in [1.807, 2.05) is 13.0 Å². The molecule has 1 aliphatic carbocycles. The number of fused-ring (bicyclic) bond motifs is 1. The maximum Gasteiger partial charge on any atom is 0.230 e. The first kappa shape index (κ1) is 13.4. The number of hydrogen-bond donors (Lipinski definition) is 1. The van der Waals surface area contributed by atoms with Gasteiger partial charge in [0.25, 0.3) is 0 Å². The molecule has 1 amide bonds. The molecule has 3 rings (SSSR count). The van der Waals surface area contributed by atoms with Crippen molar-refractivity contribution in [2.24, 2.45) is 11.8 Å². The minimum Gasteiger partial charge on any atom is -0.393 e. The zero-order valence-electron chi connectivity index (χ0n) is 11.1. The number of nitrogens with zero attached hydrogens (tertiary/aromatic N) is 2. The third kappa shape index (κ3) is 1.81. The van der Waals surface area contributed by atoms with Crippen LogP contribution in [0.3, 0.4) is 0 Å². The van der Waals surface area contributed by atoms with Crippen LogP contribution in [0, 0.1) is 30.1 Å². The minimum atomic E-state index is -0.386. The molecule has 2 fully saturated rings. The molecule has 0 spiro atoms. The van der Waals surface area contributed by atoms with Crippen molar-refractivity contribution < 1.29 is 9.90 Å². The van der Waals surface area contributed by atoms with E-state index < -0.39 is 0 Å². The van der Waals surface area contributed by atoms with Crippen LogP contribution in [0.5, 0.6) is 0 Å². The van der Waals surface area contributed by atoms with E-state index in [0.29, 0.717) is 23.6 Å². The first-order valence-corrected chi connectivity index (χ1v) is 7.11. The number of aliphatic hydroxyl groups is 1. The van der Waals surface area contributed by atoms with Crippen LogP contribution in [-0.4, -0.2) is 23.7 Å². The molecule has 2 aliphatic rings. The lowest BCUT2D eigenvalue weighted by atomic mass is 9.99. The lowest BCUT2D eigenvalue weighted by Crippen LogP contribution is -2.28. The third-order valence-electron chi connectivity index (χ3n) is 4.53. The minimum absolute atomic E-state index is 0.0244. The predicted molar refractivity (Wildman–Crippen MR) is 75.5 cm³/mol. The summed E-state index contributed by atoms with van der Waals surface area (Å²) < 4.78 is 0. The summed E-state index contributed by atoms with van der Waals surface area (Å²) in [5, 5.41) is 19.3. The van der Waals surface area contributed by atoms with Gasteiger partial charge in [0, 0.05) is 24.1 Å². The van der Waals surface area contributed by atoms with E-state index in [4.69, 9.17) is 16.9 Å². The number of rotatable bonds is 1. The molecule has 20 heavy (non-hydrogen) atoms. The van der Waals surface area contributed by atoms with Crippen molar-refractivity contribution in [3.8, 4) is 6.07 Å². The highest BCUT2D eigenvalue weighted by molar-refractivity contribution is 6.33. The lowest BCUT2D eigenvalue weighted by molar-refractivity contribution is -0.120. The number of amides is 1. The van der Waals surface area contributed by atoms with Crippen LogP contribution in [0.2, 0.25) is 5.02 Å². The van der Waals surface area contributed by atoms with Gasteiger partial charge in [0.1, 0.15) is 6.07 Å². The lowest BCUT2D eigenvalue weighted by Gasteiger charge is -2.21. The molecule has 1 unspecified atom stereocenters. The molecule has 1 saturated carbocycles. The first-order chi connectivity index (χ1) is 9.54. The van der Waals surface area contributed by atoms with Gasteiger partial charge in [-0.3, -0.25) is 4.79 Å². The summed E-state index contributed by atoms with van der Waals surface area (Å²) in [6.07, 6.45) is 1.08. The molecule has 0 radical (unpaired) electrons. The smallest absolute Gasteiger partial charge is 0.230 e. The van der Waals surface area contributed by atoms with Crippen molar-refractivity contribution in [1.82, 2.24) is 0 Å². The Morgan fingerprint density at radius 3 is 2.85 bits per heavy atom. The topological polar surface area (TPSA) is 64.3 Å². The summed E-state index contributed by atoms with van der Waals surface area (Å²) in [4.78, 5) is 14.2. The Labute approximate surface area is 122 Å².